The number of fused-ring (bicyclic) bond motifs is 1. The highest BCUT2D eigenvalue weighted by Gasteiger charge is 2.52. The number of likely N-dealkylation sites (tertiary alicyclic amines) is 1. The van der Waals surface area contributed by atoms with E-state index >= 15 is 0 Å². The topological polar surface area (TPSA) is 52.7 Å². The molecule has 1 N–H and O–H groups in total. The third-order valence-corrected chi connectivity index (χ3v) is 7.14. The first kappa shape index (κ1) is 20.2. The predicted molar refractivity (Wildman–Crippen MR) is 116 cm³/mol. The van der Waals surface area contributed by atoms with E-state index < -0.39 is 5.54 Å². The Morgan fingerprint density at radius 3 is 2.58 bits per heavy atom. The van der Waals surface area contributed by atoms with Gasteiger partial charge in [0.25, 0.3) is 5.91 Å². The van der Waals surface area contributed by atoms with Gasteiger partial charge < -0.3 is 5.32 Å². The fourth-order valence-corrected chi connectivity index (χ4v) is 5.36. The number of carbonyl (C=O) groups excluding carboxylic acids is 2. The average molecular weight is 422 g/mol. The molecule has 6 heteroatoms. The summed E-state index contributed by atoms with van der Waals surface area (Å²) in [5, 5.41) is 3.02. The van der Waals surface area contributed by atoms with E-state index in [4.69, 9.17) is 0 Å². The van der Waals surface area contributed by atoms with Gasteiger partial charge in [0.1, 0.15) is 11.4 Å². The van der Waals surface area contributed by atoms with Crippen molar-refractivity contribution in [3.05, 3.63) is 71.0 Å². The largest absolute Gasteiger partial charge is 0.326 e. The lowest BCUT2D eigenvalue weighted by Gasteiger charge is -2.35. The highest BCUT2D eigenvalue weighted by molar-refractivity contribution is 6.07. The molecule has 162 valence electrons. The van der Waals surface area contributed by atoms with Crippen LogP contribution in [0.2, 0.25) is 0 Å². The van der Waals surface area contributed by atoms with E-state index in [1.54, 1.807) is 12.1 Å². The summed E-state index contributed by atoms with van der Waals surface area (Å²) in [5.41, 5.74) is 2.67. The molecule has 5 rings (SSSR count). The first-order valence-corrected chi connectivity index (χ1v) is 11.2. The number of urea groups is 1. The fraction of sp³-hybridized carbons (Fsp3) is 0.440. The Morgan fingerprint density at radius 2 is 1.81 bits per heavy atom. The lowest BCUT2D eigenvalue weighted by Crippen LogP contribution is -2.52. The lowest BCUT2D eigenvalue weighted by atomic mass is 9.78. The summed E-state index contributed by atoms with van der Waals surface area (Å²) in [6.45, 7) is 2.03. The molecule has 1 unspecified atom stereocenters. The number of piperidine rings is 1. The Bertz CT molecular complexity index is 1000. The number of nitrogens with zero attached hydrogens (tertiary/aromatic N) is 2. The van der Waals surface area contributed by atoms with Crippen molar-refractivity contribution < 1.29 is 14.0 Å². The van der Waals surface area contributed by atoms with Crippen molar-refractivity contribution >= 4 is 11.9 Å². The summed E-state index contributed by atoms with van der Waals surface area (Å²) < 4.78 is 13.4. The van der Waals surface area contributed by atoms with Gasteiger partial charge in [-0.05, 0) is 66.8 Å². The van der Waals surface area contributed by atoms with Crippen molar-refractivity contribution in [1.29, 1.82) is 0 Å². The van der Waals surface area contributed by atoms with Crippen molar-refractivity contribution in [2.75, 3.05) is 19.8 Å². The molecule has 2 aliphatic heterocycles. The Hall–Kier alpha value is -2.73. The second-order valence-corrected chi connectivity index (χ2v) is 9.23. The third-order valence-electron chi connectivity index (χ3n) is 7.14. The number of imide groups is 1. The van der Waals surface area contributed by atoms with E-state index in [0.717, 1.165) is 49.9 Å². The number of benzene rings is 2. The molecule has 1 spiro atoms. The molecule has 3 amide bonds. The summed E-state index contributed by atoms with van der Waals surface area (Å²) in [7, 11) is 0. The number of nitrogens with one attached hydrogen (secondary N) is 1. The molecule has 3 aliphatic rings. The second-order valence-electron chi connectivity index (χ2n) is 9.23. The van der Waals surface area contributed by atoms with Crippen molar-refractivity contribution in [2.45, 2.75) is 44.1 Å². The molecule has 2 saturated heterocycles. The molecule has 0 aromatic heterocycles. The molecular formula is C25H28FN3O2. The number of aryl methyl sites for hydroxylation is 1. The number of hydrogen-bond acceptors (Lipinski definition) is 3. The number of carbonyl (C=O) groups is 2. The first-order chi connectivity index (χ1) is 15.0. The van der Waals surface area contributed by atoms with Crippen LogP contribution in [0.1, 0.15) is 36.0 Å². The summed E-state index contributed by atoms with van der Waals surface area (Å²) in [4.78, 5) is 29.6. The van der Waals surface area contributed by atoms with Crippen LogP contribution in [0.4, 0.5) is 9.18 Å². The van der Waals surface area contributed by atoms with Crippen LogP contribution in [0.3, 0.4) is 0 Å². The molecule has 5 nitrogen and oxygen atoms in total. The van der Waals surface area contributed by atoms with E-state index in [9.17, 15) is 14.0 Å². The molecule has 2 heterocycles. The van der Waals surface area contributed by atoms with Crippen LogP contribution in [0.15, 0.2) is 48.5 Å². The molecule has 1 aliphatic carbocycles. The number of hydrogen-bond donors (Lipinski definition) is 1. The predicted octanol–water partition coefficient (Wildman–Crippen LogP) is 3.52. The molecular weight excluding hydrogens is 393 g/mol. The van der Waals surface area contributed by atoms with E-state index in [0.29, 0.717) is 25.4 Å². The van der Waals surface area contributed by atoms with E-state index in [2.05, 4.69) is 22.3 Å². The van der Waals surface area contributed by atoms with Gasteiger partial charge in [0.05, 0.1) is 6.67 Å². The van der Waals surface area contributed by atoms with Crippen LogP contribution in [0.25, 0.3) is 0 Å². The number of amides is 3. The zero-order valence-electron chi connectivity index (χ0n) is 17.6. The standard InChI is InChI=1S/C25H28FN3O2/c26-22-7-3-4-19(15-22)14-18-9-12-28(13-10-18)17-29-23(30)25(27-24(29)31)11-8-20-5-1-2-6-21(20)16-25/h1-7,15,18H,8-14,16-17H2,(H,27,31). The van der Waals surface area contributed by atoms with Crippen LogP contribution in [-0.4, -0.2) is 47.0 Å². The molecule has 0 bridgehead atoms. The molecule has 0 saturated carbocycles. The molecule has 2 fully saturated rings. The first-order valence-electron chi connectivity index (χ1n) is 11.2. The summed E-state index contributed by atoms with van der Waals surface area (Å²) >= 11 is 0. The van der Waals surface area contributed by atoms with Crippen LogP contribution < -0.4 is 5.32 Å². The maximum absolute atomic E-state index is 13.4. The Balaban J connectivity index is 1.19. The van der Waals surface area contributed by atoms with Crippen molar-refractivity contribution in [1.82, 2.24) is 15.1 Å². The van der Waals surface area contributed by atoms with E-state index in [1.165, 1.54) is 16.5 Å². The molecule has 2 aromatic rings. The van der Waals surface area contributed by atoms with Crippen LogP contribution >= 0.6 is 0 Å². The highest BCUT2D eigenvalue weighted by atomic mass is 19.1. The third kappa shape index (κ3) is 3.97. The van der Waals surface area contributed by atoms with Gasteiger partial charge in [0, 0.05) is 19.5 Å². The number of rotatable bonds is 4. The second kappa shape index (κ2) is 8.08. The molecule has 31 heavy (non-hydrogen) atoms. The minimum Gasteiger partial charge on any atom is -0.323 e. The van der Waals surface area contributed by atoms with Crippen molar-refractivity contribution in [3.8, 4) is 0 Å². The molecule has 2 aromatic carbocycles. The van der Waals surface area contributed by atoms with Gasteiger partial charge in [-0.3, -0.25) is 9.69 Å². The maximum Gasteiger partial charge on any atom is 0.326 e. The van der Waals surface area contributed by atoms with E-state index in [1.807, 2.05) is 18.2 Å². The zero-order valence-corrected chi connectivity index (χ0v) is 17.6. The SMILES string of the molecule is O=C1NC2(CCc3ccccc3C2)C(=O)N1CN1CCC(Cc2cccc(F)c2)CC1. The quantitative estimate of drug-likeness (QED) is 0.769. The Labute approximate surface area is 182 Å². The highest BCUT2D eigenvalue weighted by Crippen LogP contribution is 2.34. The van der Waals surface area contributed by atoms with Gasteiger partial charge in [-0.2, -0.15) is 0 Å². The zero-order chi connectivity index (χ0) is 21.4. The van der Waals surface area contributed by atoms with Gasteiger partial charge in [-0.1, -0.05) is 36.4 Å². The van der Waals surface area contributed by atoms with Crippen LogP contribution in [0.5, 0.6) is 0 Å². The maximum atomic E-state index is 13.4. The summed E-state index contributed by atoms with van der Waals surface area (Å²) in [6, 6.07) is 14.7. The molecule has 1 atom stereocenters. The molecule has 0 radical (unpaired) electrons. The Morgan fingerprint density at radius 1 is 1.03 bits per heavy atom. The monoisotopic (exact) mass is 421 g/mol. The summed E-state index contributed by atoms with van der Waals surface area (Å²) in [5.74, 6) is 0.226. The smallest absolute Gasteiger partial charge is 0.323 e. The van der Waals surface area contributed by atoms with E-state index in [-0.39, 0.29) is 17.8 Å². The van der Waals surface area contributed by atoms with Gasteiger partial charge in [-0.25, -0.2) is 14.1 Å². The minimum absolute atomic E-state index is 0.0890. The minimum atomic E-state index is -0.791. The normalized spacial score (nSPS) is 24.5. The van der Waals surface area contributed by atoms with Gasteiger partial charge in [0.2, 0.25) is 0 Å². The van der Waals surface area contributed by atoms with Crippen LogP contribution in [0, 0.1) is 11.7 Å². The van der Waals surface area contributed by atoms with Crippen molar-refractivity contribution in [2.24, 2.45) is 5.92 Å². The lowest BCUT2D eigenvalue weighted by molar-refractivity contribution is -0.133. The summed E-state index contributed by atoms with van der Waals surface area (Å²) in [6.07, 6.45) is 4.87. The average Bonchev–Trinajstić information content (AvgIpc) is 2.99. The van der Waals surface area contributed by atoms with Gasteiger partial charge in [-0.15, -0.1) is 0 Å². The fourth-order valence-electron chi connectivity index (χ4n) is 5.36. The van der Waals surface area contributed by atoms with Gasteiger partial charge >= 0.3 is 6.03 Å². The van der Waals surface area contributed by atoms with Gasteiger partial charge in [0.15, 0.2) is 0 Å². The number of halogens is 1. The van der Waals surface area contributed by atoms with Crippen molar-refractivity contribution in [3.63, 3.8) is 0 Å². The van der Waals surface area contributed by atoms with Crippen LogP contribution in [-0.2, 0) is 24.1 Å². The Kier molecular flexibility index (Phi) is 5.26.